The molecule has 0 saturated carbocycles. The highest BCUT2D eigenvalue weighted by molar-refractivity contribution is 5.83. The van der Waals surface area contributed by atoms with Crippen LogP contribution in [0.1, 0.15) is 34.7 Å². The monoisotopic (exact) mass is 347 g/mol. The van der Waals surface area contributed by atoms with Crippen molar-refractivity contribution in [1.82, 2.24) is 15.3 Å². The van der Waals surface area contributed by atoms with Crippen LogP contribution in [0.15, 0.2) is 67.0 Å². The van der Waals surface area contributed by atoms with Gasteiger partial charge in [-0.05, 0) is 23.1 Å². The van der Waals surface area contributed by atoms with Crippen LogP contribution < -0.4 is 5.32 Å². The van der Waals surface area contributed by atoms with E-state index in [1.165, 1.54) is 5.56 Å². The molecule has 2 N–H and O–H groups in total. The van der Waals surface area contributed by atoms with Gasteiger partial charge in [0.15, 0.2) is 6.10 Å². The number of carbonyl (C=O) groups excluding carboxylic acids is 1. The first-order valence-electron chi connectivity index (χ1n) is 8.84. The molecule has 5 nitrogen and oxygen atoms in total. The van der Waals surface area contributed by atoms with Crippen molar-refractivity contribution in [3.05, 3.63) is 89.5 Å². The summed E-state index contributed by atoms with van der Waals surface area (Å²) in [6, 6.07) is 17.8. The summed E-state index contributed by atoms with van der Waals surface area (Å²) < 4.78 is 5.80. The third-order valence-electron chi connectivity index (χ3n) is 4.70. The molecule has 0 bridgehead atoms. The van der Waals surface area contributed by atoms with Gasteiger partial charge in [-0.25, -0.2) is 4.98 Å². The predicted molar refractivity (Wildman–Crippen MR) is 98.5 cm³/mol. The zero-order valence-electron chi connectivity index (χ0n) is 14.4. The fraction of sp³-hybridized carbons (Fsp3) is 0.238. The van der Waals surface area contributed by atoms with Gasteiger partial charge in [-0.3, -0.25) is 4.79 Å². The number of nitrogens with zero attached hydrogens (tertiary/aromatic N) is 1. The highest BCUT2D eigenvalue weighted by Crippen LogP contribution is 2.28. The van der Waals surface area contributed by atoms with Gasteiger partial charge in [0, 0.05) is 18.8 Å². The molecule has 0 unspecified atom stereocenters. The molecule has 1 aromatic heterocycles. The Morgan fingerprint density at radius 1 is 1.19 bits per heavy atom. The van der Waals surface area contributed by atoms with Crippen molar-refractivity contribution >= 4 is 5.91 Å². The number of aromatic amines is 1. The summed E-state index contributed by atoms with van der Waals surface area (Å²) in [6.45, 7) is 0.559. The lowest BCUT2D eigenvalue weighted by Crippen LogP contribution is -2.37. The summed E-state index contributed by atoms with van der Waals surface area (Å²) in [5, 5.41) is 3.16. The van der Waals surface area contributed by atoms with Gasteiger partial charge in [-0.2, -0.15) is 0 Å². The Bertz CT molecular complexity index is 862. The quantitative estimate of drug-likeness (QED) is 0.745. The molecule has 26 heavy (non-hydrogen) atoms. The molecule has 1 aliphatic heterocycles. The van der Waals surface area contributed by atoms with E-state index in [9.17, 15) is 4.79 Å². The number of benzene rings is 2. The highest BCUT2D eigenvalue weighted by Gasteiger charge is 2.29. The number of ether oxygens (including phenoxy) is 1. The van der Waals surface area contributed by atoms with E-state index >= 15 is 0 Å². The number of aromatic nitrogens is 2. The minimum atomic E-state index is -0.567. The molecule has 5 heteroatoms. The maximum atomic E-state index is 13.0. The Balaban J connectivity index is 1.57. The average molecular weight is 347 g/mol. The van der Waals surface area contributed by atoms with E-state index in [2.05, 4.69) is 21.4 Å². The number of rotatable bonds is 5. The number of carbonyl (C=O) groups is 1. The molecule has 2 aromatic carbocycles. The average Bonchev–Trinajstić information content (AvgIpc) is 3.21. The Kier molecular flexibility index (Phi) is 4.80. The summed E-state index contributed by atoms with van der Waals surface area (Å²) in [4.78, 5) is 20.4. The summed E-state index contributed by atoms with van der Waals surface area (Å²) in [6.07, 6.45) is 4.38. The third-order valence-corrected chi connectivity index (χ3v) is 4.70. The molecule has 0 aliphatic carbocycles. The van der Waals surface area contributed by atoms with Crippen molar-refractivity contribution < 1.29 is 9.53 Å². The van der Waals surface area contributed by atoms with Crippen molar-refractivity contribution in [2.45, 2.75) is 25.0 Å². The van der Waals surface area contributed by atoms with Gasteiger partial charge >= 0.3 is 0 Å². The molecule has 2 atom stereocenters. The fourth-order valence-corrected chi connectivity index (χ4v) is 3.40. The van der Waals surface area contributed by atoms with E-state index < -0.39 is 6.10 Å². The lowest BCUT2D eigenvalue weighted by atomic mass is 9.96. The Morgan fingerprint density at radius 2 is 2.00 bits per heavy atom. The molecule has 0 saturated heterocycles. The zero-order valence-corrected chi connectivity index (χ0v) is 14.4. The van der Waals surface area contributed by atoms with E-state index in [-0.39, 0.29) is 11.9 Å². The van der Waals surface area contributed by atoms with E-state index in [0.29, 0.717) is 13.0 Å². The van der Waals surface area contributed by atoms with E-state index in [1.54, 1.807) is 12.4 Å². The number of nitrogens with one attached hydrogen (secondary N) is 2. The summed E-state index contributed by atoms with van der Waals surface area (Å²) in [7, 11) is 0. The van der Waals surface area contributed by atoms with Crippen LogP contribution in [-0.2, 0) is 22.4 Å². The van der Waals surface area contributed by atoms with Gasteiger partial charge in [0.2, 0.25) is 0 Å². The summed E-state index contributed by atoms with van der Waals surface area (Å²) >= 11 is 0. The standard InChI is InChI=1S/C21H21N3O2/c25-21(20-17-9-5-4-6-15(17)10-13-26-20)24-18(14-19-22-11-12-23-19)16-7-2-1-3-8-16/h1-9,11-12,18,20H,10,13-14H2,(H,22,23)(H,24,25)/t18-,20-/m1/s1. The van der Waals surface area contributed by atoms with Crippen LogP contribution in [0.4, 0.5) is 0 Å². The lowest BCUT2D eigenvalue weighted by molar-refractivity contribution is -0.134. The largest absolute Gasteiger partial charge is 0.363 e. The Labute approximate surface area is 152 Å². The van der Waals surface area contributed by atoms with Gasteiger partial charge in [0.1, 0.15) is 5.82 Å². The lowest BCUT2D eigenvalue weighted by Gasteiger charge is -2.27. The molecule has 2 heterocycles. The first kappa shape index (κ1) is 16.5. The van der Waals surface area contributed by atoms with Gasteiger partial charge in [0.25, 0.3) is 5.91 Å². The normalized spacial score (nSPS) is 17.3. The van der Waals surface area contributed by atoms with Crippen molar-refractivity contribution in [3.63, 3.8) is 0 Å². The predicted octanol–water partition coefficient (Wildman–Crippen LogP) is 3.12. The van der Waals surface area contributed by atoms with Crippen LogP contribution in [0, 0.1) is 0 Å². The Morgan fingerprint density at radius 3 is 2.81 bits per heavy atom. The number of hydrogen-bond acceptors (Lipinski definition) is 3. The van der Waals surface area contributed by atoms with Crippen LogP contribution in [0.2, 0.25) is 0 Å². The topological polar surface area (TPSA) is 67.0 Å². The molecule has 132 valence electrons. The molecular formula is C21H21N3O2. The van der Waals surface area contributed by atoms with Gasteiger partial charge in [0.05, 0.1) is 12.6 Å². The molecule has 0 radical (unpaired) electrons. The van der Waals surface area contributed by atoms with Gasteiger partial charge < -0.3 is 15.0 Å². The second kappa shape index (κ2) is 7.54. The van der Waals surface area contributed by atoms with Gasteiger partial charge in [-0.1, -0.05) is 54.6 Å². The van der Waals surface area contributed by atoms with Crippen LogP contribution in [0.5, 0.6) is 0 Å². The van der Waals surface area contributed by atoms with E-state index in [4.69, 9.17) is 4.74 Å². The van der Waals surface area contributed by atoms with Crippen LogP contribution in [0.25, 0.3) is 0 Å². The zero-order chi connectivity index (χ0) is 17.8. The summed E-state index contributed by atoms with van der Waals surface area (Å²) in [5.41, 5.74) is 3.18. The molecule has 3 aromatic rings. The van der Waals surface area contributed by atoms with Gasteiger partial charge in [-0.15, -0.1) is 0 Å². The molecule has 4 rings (SSSR count). The second-order valence-corrected chi connectivity index (χ2v) is 6.41. The maximum Gasteiger partial charge on any atom is 0.254 e. The third kappa shape index (κ3) is 3.53. The molecule has 0 fully saturated rings. The minimum absolute atomic E-state index is 0.113. The number of amides is 1. The number of imidazole rings is 1. The molecule has 1 aliphatic rings. The van der Waals surface area contributed by atoms with Crippen LogP contribution in [-0.4, -0.2) is 22.5 Å². The van der Waals surface area contributed by atoms with Crippen molar-refractivity contribution in [2.75, 3.05) is 6.61 Å². The SMILES string of the molecule is O=C(N[C@H](Cc1ncc[nH]1)c1ccccc1)[C@@H]1OCCc2ccccc21. The van der Waals surface area contributed by atoms with Crippen molar-refractivity contribution in [2.24, 2.45) is 0 Å². The fourth-order valence-electron chi connectivity index (χ4n) is 3.40. The van der Waals surface area contributed by atoms with Crippen LogP contribution >= 0.6 is 0 Å². The molecule has 1 amide bonds. The van der Waals surface area contributed by atoms with E-state index in [0.717, 1.165) is 23.4 Å². The van der Waals surface area contributed by atoms with Crippen molar-refractivity contribution in [3.8, 4) is 0 Å². The molecule has 0 spiro atoms. The van der Waals surface area contributed by atoms with E-state index in [1.807, 2.05) is 48.5 Å². The number of fused-ring (bicyclic) bond motifs is 1. The molecular weight excluding hydrogens is 326 g/mol. The number of H-pyrrole nitrogens is 1. The number of hydrogen-bond donors (Lipinski definition) is 2. The van der Waals surface area contributed by atoms with Crippen LogP contribution in [0.3, 0.4) is 0 Å². The smallest absolute Gasteiger partial charge is 0.254 e. The first-order chi connectivity index (χ1) is 12.8. The van der Waals surface area contributed by atoms with Crippen molar-refractivity contribution in [1.29, 1.82) is 0 Å². The Hall–Kier alpha value is -2.92. The summed E-state index contributed by atoms with van der Waals surface area (Å²) in [5.74, 6) is 0.724. The highest BCUT2D eigenvalue weighted by atomic mass is 16.5. The minimum Gasteiger partial charge on any atom is -0.363 e. The second-order valence-electron chi connectivity index (χ2n) is 6.41. The maximum absolute atomic E-state index is 13.0. The first-order valence-corrected chi connectivity index (χ1v) is 8.84.